The van der Waals surface area contributed by atoms with Gasteiger partial charge in [-0.25, -0.2) is 13.2 Å². The fourth-order valence-corrected chi connectivity index (χ4v) is 2.72. The predicted molar refractivity (Wildman–Crippen MR) is 105 cm³/mol. The first kappa shape index (κ1) is 20.2. The molecule has 0 unspecified atom stereocenters. The van der Waals surface area contributed by atoms with Gasteiger partial charge in [-0.2, -0.15) is 0 Å². The molecule has 3 amide bonds. The molecule has 0 saturated heterocycles. The lowest BCUT2D eigenvalue weighted by Gasteiger charge is -2.09. The van der Waals surface area contributed by atoms with Gasteiger partial charge in [0.05, 0.1) is 12.8 Å². The second-order valence-corrected chi connectivity index (χ2v) is 7.77. The van der Waals surface area contributed by atoms with E-state index in [1.807, 2.05) is 31.2 Å². The number of amides is 3. The summed E-state index contributed by atoms with van der Waals surface area (Å²) in [7, 11) is -3.35. The lowest BCUT2D eigenvalue weighted by atomic mass is 10.1. The third-order valence-corrected chi connectivity index (χ3v) is 4.06. The Kier molecular flexibility index (Phi) is 6.78. The SMILES string of the molecule is Cc1ccc(CNC(=O)NCC(=O)Nc2ccc(NS(C)(=O)=O)cc2)cc1. The van der Waals surface area contributed by atoms with Gasteiger partial charge in [-0.05, 0) is 36.8 Å². The molecule has 4 N–H and O–H groups in total. The molecule has 0 aromatic heterocycles. The molecule has 27 heavy (non-hydrogen) atoms. The first-order chi connectivity index (χ1) is 12.7. The first-order valence-corrected chi connectivity index (χ1v) is 10.1. The van der Waals surface area contributed by atoms with Crippen LogP contribution < -0.4 is 20.7 Å². The third kappa shape index (κ3) is 7.78. The number of anilines is 2. The molecule has 2 aromatic rings. The van der Waals surface area contributed by atoms with Crippen molar-refractivity contribution in [1.29, 1.82) is 0 Å². The molecule has 0 aliphatic rings. The summed E-state index contributed by atoms with van der Waals surface area (Å²) in [5, 5.41) is 7.75. The Bertz CT molecular complexity index is 894. The maximum absolute atomic E-state index is 11.9. The number of benzene rings is 2. The number of sulfonamides is 1. The van der Waals surface area contributed by atoms with Gasteiger partial charge in [-0.15, -0.1) is 0 Å². The van der Waals surface area contributed by atoms with Gasteiger partial charge < -0.3 is 16.0 Å². The van der Waals surface area contributed by atoms with E-state index in [9.17, 15) is 18.0 Å². The minimum atomic E-state index is -3.35. The normalized spacial score (nSPS) is 10.7. The van der Waals surface area contributed by atoms with Crippen molar-refractivity contribution in [3.63, 3.8) is 0 Å². The third-order valence-electron chi connectivity index (χ3n) is 3.46. The number of hydrogen-bond acceptors (Lipinski definition) is 4. The Morgan fingerprint density at radius 1 is 0.889 bits per heavy atom. The van der Waals surface area contributed by atoms with Crippen molar-refractivity contribution in [1.82, 2.24) is 10.6 Å². The summed E-state index contributed by atoms with van der Waals surface area (Å²) in [4.78, 5) is 23.6. The zero-order chi connectivity index (χ0) is 19.9. The molecule has 0 spiro atoms. The zero-order valence-electron chi connectivity index (χ0n) is 15.1. The van der Waals surface area contributed by atoms with Crippen LogP contribution in [0.25, 0.3) is 0 Å². The van der Waals surface area contributed by atoms with Crippen LogP contribution in [0.2, 0.25) is 0 Å². The molecular weight excluding hydrogens is 368 g/mol. The van der Waals surface area contributed by atoms with E-state index in [4.69, 9.17) is 0 Å². The van der Waals surface area contributed by atoms with Crippen molar-refractivity contribution in [2.75, 3.05) is 22.8 Å². The van der Waals surface area contributed by atoms with E-state index in [0.717, 1.165) is 17.4 Å². The fraction of sp³-hybridized carbons (Fsp3) is 0.222. The maximum atomic E-state index is 11.9. The highest BCUT2D eigenvalue weighted by Gasteiger charge is 2.07. The maximum Gasteiger partial charge on any atom is 0.315 e. The van der Waals surface area contributed by atoms with Gasteiger partial charge in [-0.3, -0.25) is 9.52 Å². The van der Waals surface area contributed by atoms with Crippen molar-refractivity contribution in [3.8, 4) is 0 Å². The highest BCUT2D eigenvalue weighted by molar-refractivity contribution is 7.92. The molecule has 0 atom stereocenters. The molecular formula is C18H22N4O4S. The molecule has 0 saturated carbocycles. The fourth-order valence-electron chi connectivity index (χ4n) is 2.15. The summed E-state index contributed by atoms with van der Waals surface area (Å²) in [6, 6.07) is 13.5. The van der Waals surface area contributed by atoms with E-state index in [-0.39, 0.29) is 6.54 Å². The van der Waals surface area contributed by atoms with Crippen LogP contribution in [0, 0.1) is 6.92 Å². The smallest absolute Gasteiger partial charge is 0.315 e. The summed E-state index contributed by atoms with van der Waals surface area (Å²) in [5.74, 6) is -0.399. The Labute approximate surface area is 158 Å². The molecule has 0 aliphatic heterocycles. The number of carbonyl (C=O) groups is 2. The van der Waals surface area contributed by atoms with Crippen LogP contribution in [0.1, 0.15) is 11.1 Å². The van der Waals surface area contributed by atoms with Gasteiger partial charge in [0.1, 0.15) is 0 Å². The summed E-state index contributed by atoms with van der Waals surface area (Å²) in [6.07, 6.45) is 1.05. The quantitative estimate of drug-likeness (QED) is 0.577. The van der Waals surface area contributed by atoms with Crippen molar-refractivity contribution in [2.24, 2.45) is 0 Å². The lowest BCUT2D eigenvalue weighted by molar-refractivity contribution is -0.115. The molecule has 0 aliphatic carbocycles. The second kappa shape index (κ2) is 9.04. The van der Waals surface area contributed by atoms with Crippen molar-refractivity contribution >= 4 is 33.3 Å². The van der Waals surface area contributed by atoms with Crippen molar-refractivity contribution < 1.29 is 18.0 Å². The minimum absolute atomic E-state index is 0.191. The van der Waals surface area contributed by atoms with E-state index in [0.29, 0.717) is 17.9 Å². The second-order valence-electron chi connectivity index (χ2n) is 6.02. The van der Waals surface area contributed by atoms with Crippen LogP contribution in [0.3, 0.4) is 0 Å². The Morgan fingerprint density at radius 2 is 1.48 bits per heavy atom. The van der Waals surface area contributed by atoms with Crippen LogP contribution in [0.5, 0.6) is 0 Å². The van der Waals surface area contributed by atoms with Crippen LogP contribution in [0.4, 0.5) is 16.2 Å². The highest BCUT2D eigenvalue weighted by Crippen LogP contribution is 2.14. The molecule has 2 aromatic carbocycles. The van der Waals surface area contributed by atoms with E-state index in [1.165, 1.54) is 12.1 Å². The molecule has 9 heteroatoms. The summed E-state index contributed by atoms with van der Waals surface area (Å²) >= 11 is 0. The van der Waals surface area contributed by atoms with Crippen LogP contribution >= 0.6 is 0 Å². The van der Waals surface area contributed by atoms with Crippen LogP contribution in [-0.2, 0) is 21.4 Å². The number of hydrogen-bond donors (Lipinski definition) is 4. The topological polar surface area (TPSA) is 116 Å². The highest BCUT2D eigenvalue weighted by atomic mass is 32.2. The standard InChI is InChI=1S/C18H22N4O4S/c1-13-3-5-14(6-4-13)11-19-18(24)20-12-17(23)21-15-7-9-16(10-8-15)22-27(2,25)26/h3-10,22H,11-12H2,1-2H3,(H,21,23)(H2,19,20,24). The van der Waals surface area contributed by atoms with Gasteiger partial charge >= 0.3 is 6.03 Å². The molecule has 2 rings (SSSR count). The summed E-state index contributed by atoms with van der Waals surface area (Å²) in [6.45, 7) is 2.16. The van der Waals surface area contributed by atoms with Gasteiger partial charge in [0, 0.05) is 17.9 Å². The average Bonchev–Trinajstić information content (AvgIpc) is 2.60. The van der Waals surface area contributed by atoms with Gasteiger partial charge in [-0.1, -0.05) is 29.8 Å². The summed E-state index contributed by atoms with van der Waals surface area (Å²) < 4.78 is 24.6. The number of rotatable bonds is 7. The molecule has 0 heterocycles. The number of aryl methyl sites for hydroxylation is 1. The number of nitrogens with one attached hydrogen (secondary N) is 4. The van der Waals surface area contributed by atoms with E-state index < -0.39 is 22.0 Å². The van der Waals surface area contributed by atoms with Crippen molar-refractivity contribution in [3.05, 3.63) is 59.7 Å². The Morgan fingerprint density at radius 3 is 2.07 bits per heavy atom. The lowest BCUT2D eigenvalue weighted by Crippen LogP contribution is -2.39. The van der Waals surface area contributed by atoms with Crippen LogP contribution in [0.15, 0.2) is 48.5 Å². The average molecular weight is 390 g/mol. The van der Waals surface area contributed by atoms with Gasteiger partial charge in [0.2, 0.25) is 15.9 Å². The first-order valence-electron chi connectivity index (χ1n) is 8.16. The zero-order valence-corrected chi connectivity index (χ0v) is 15.9. The van der Waals surface area contributed by atoms with Gasteiger partial charge in [0.25, 0.3) is 0 Å². The molecule has 144 valence electrons. The van der Waals surface area contributed by atoms with E-state index in [2.05, 4.69) is 20.7 Å². The largest absolute Gasteiger partial charge is 0.334 e. The Hall–Kier alpha value is -3.07. The molecule has 0 fully saturated rings. The van der Waals surface area contributed by atoms with E-state index >= 15 is 0 Å². The minimum Gasteiger partial charge on any atom is -0.334 e. The predicted octanol–water partition coefficient (Wildman–Crippen LogP) is 1.80. The van der Waals surface area contributed by atoms with Crippen LogP contribution in [-0.4, -0.2) is 33.2 Å². The Balaban J connectivity index is 1.73. The monoisotopic (exact) mass is 390 g/mol. The van der Waals surface area contributed by atoms with Crippen molar-refractivity contribution in [2.45, 2.75) is 13.5 Å². The molecule has 8 nitrogen and oxygen atoms in total. The number of urea groups is 1. The summed E-state index contributed by atoms with van der Waals surface area (Å²) in [5.41, 5.74) is 2.98. The van der Waals surface area contributed by atoms with Gasteiger partial charge in [0.15, 0.2) is 0 Å². The molecule has 0 radical (unpaired) electrons. The van der Waals surface area contributed by atoms with E-state index in [1.54, 1.807) is 12.1 Å². The number of carbonyl (C=O) groups excluding carboxylic acids is 2. The molecule has 0 bridgehead atoms.